The number of aryl methyl sites for hydroxylation is 1. The number of halogens is 1. The molecule has 3 N–H and O–H groups in total. The van der Waals surface area contributed by atoms with Gasteiger partial charge in [0.1, 0.15) is 17.8 Å². The number of nitrogens with zero attached hydrogens (tertiary/aromatic N) is 3. The molecule has 0 aliphatic rings. The molecule has 11 heteroatoms. The average molecular weight is 550 g/mol. The fraction of sp³-hybridized carbons (Fsp3) is 0.200. The van der Waals surface area contributed by atoms with E-state index >= 15 is 0 Å². The predicted molar refractivity (Wildman–Crippen MR) is 129 cm³/mol. The highest BCUT2D eigenvalue weighted by Crippen LogP contribution is 2.38. The Morgan fingerprint density at radius 2 is 1.94 bits per heavy atom. The number of ether oxygens (including phenoxy) is 2. The van der Waals surface area contributed by atoms with Gasteiger partial charge in [-0.25, -0.2) is 9.97 Å². The number of carbonyl (C=O) groups excluding carboxylic acids is 1. The van der Waals surface area contributed by atoms with E-state index in [1.807, 2.05) is 19.9 Å². The Balaban J connectivity index is 1.69. The van der Waals surface area contributed by atoms with Crippen LogP contribution in [-0.2, 0) is 0 Å². The van der Waals surface area contributed by atoms with E-state index in [1.54, 1.807) is 25.7 Å². The lowest BCUT2D eigenvalue weighted by Gasteiger charge is -2.16. The first-order valence-corrected chi connectivity index (χ1v) is 11.1. The van der Waals surface area contributed by atoms with E-state index in [2.05, 4.69) is 53.4 Å². The number of H-pyrrole nitrogens is 1. The predicted octanol–water partition coefficient (Wildman–Crippen LogP) is 4.65. The number of rotatable bonds is 6. The Kier molecular flexibility index (Phi) is 5.96. The minimum Gasteiger partial charge on any atom is -0.496 e. The van der Waals surface area contributed by atoms with Crippen molar-refractivity contribution in [3.63, 3.8) is 0 Å². The molecule has 9 nitrogen and oxygen atoms in total. The van der Waals surface area contributed by atoms with Gasteiger partial charge in [0.15, 0.2) is 11.6 Å². The lowest BCUT2D eigenvalue weighted by atomic mass is 10.1. The van der Waals surface area contributed by atoms with Crippen molar-refractivity contribution in [3.8, 4) is 11.5 Å². The first-order valence-electron chi connectivity index (χ1n) is 9.16. The van der Waals surface area contributed by atoms with Gasteiger partial charge in [0, 0.05) is 28.8 Å². The van der Waals surface area contributed by atoms with Gasteiger partial charge in [-0.05, 0) is 36.4 Å². The summed E-state index contributed by atoms with van der Waals surface area (Å²) in [5.74, 6) is 2.21. The summed E-state index contributed by atoms with van der Waals surface area (Å²) in [7, 11) is 3.16. The zero-order valence-electron chi connectivity index (χ0n) is 17.2. The molecular formula is C20H19IN6O3S. The summed E-state index contributed by atoms with van der Waals surface area (Å²) in [4.78, 5) is 21.8. The number of carbonyl (C=O) groups is 1. The molecule has 31 heavy (non-hydrogen) atoms. The van der Waals surface area contributed by atoms with Crippen molar-refractivity contribution < 1.29 is 14.3 Å². The third kappa shape index (κ3) is 4.02. The summed E-state index contributed by atoms with van der Waals surface area (Å²) in [5.41, 5.74) is 3.40. The number of nitrogens with one attached hydrogen (secondary N) is 3. The second-order valence-electron chi connectivity index (χ2n) is 6.66. The molecule has 0 spiro atoms. The molecule has 0 saturated carbocycles. The number of thiophene rings is 1. The summed E-state index contributed by atoms with van der Waals surface area (Å²) in [6, 6.07) is 3.67. The highest BCUT2D eigenvalue weighted by Gasteiger charge is 2.21. The maximum absolute atomic E-state index is 13.2. The Hall–Kier alpha value is -2.93. The van der Waals surface area contributed by atoms with Gasteiger partial charge in [-0.2, -0.15) is 5.10 Å². The first-order chi connectivity index (χ1) is 14.9. The molecule has 0 saturated heterocycles. The van der Waals surface area contributed by atoms with Gasteiger partial charge >= 0.3 is 0 Å². The number of hydrogen-bond donors (Lipinski definition) is 3. The number of anilines is 3. The van der Waals surface area contributed by atoms with Crippen molar-refractivity contribution in [2.24, 2.45) is 0 Å². The van der Waals surface area contributed by atoms with E-state index in [4.69, 9.17) is 9.47 Å². The molecule has 1 amide bonds. The monoisotopic (exact) mass is 550 g/mol. The van der Waals surface area contributed by atoms with E-state index in [-0.39, 0.29) is 5.91 Å². The molecule has 0 aliphatic carbocycles. The molecule has 0 radical (unpaired) electrons. The quantitative estimate of drug-likeness (QED) is 0.300. The number of amides is 1. The van der Waals surface area contributed by atoms with E-state index in [1.165, 1.54) is 17.7 Å². The van der Waals surface area contributed by atoms with Crippen LogP contribution in [0.1, 0.15) is 21.6 Å². The lowest BCUT2D eigenvalue weighted by Crippen LogP contribution is -2.14. The molecule has 0 unspecified atom stereocenters. The first kappa shape index (κ1) is 21.3. The molecule has 0 bridgehead atoms. The van der Waals surface area contributed by atoms with Crippen LogP contribution in [0.15, 0.2) is 23.8 Å². The molecule has 0 fully saturated rings. The largest absolute Gasteiger partial charge is 0.496 e. The minimum absolute atomic E-state index is 0.275. The normalized spacial score (nSPS) is 10.9. The van der Waals surface area contributed by atoms with Gasteiger partial charge in [-0.1, -0.05) is 0 Å². The number of methoxy groups -OCH3 is 2. The third-order valence-electron chi connectivity index (χ3n) is 4.67. The van der Waals surface area contributed by atoms with Gasteiger partial charge in [-0.15, -0.1) is 11.3 Å². The number of hydrogen-bond acceptors (Lipinski definition) is 8. The van der Waals surface area contributed by atoms with Crippen LogP contribution in [0.4, 0.5) is 17.3 Å². The Labute approximate surface area is 195 Å². The topological polar surface area (TPSA) is 114 Å². The fourth-order valence-electron chi connectivity index (χ4n) is 3.10. The summed E-state index contributed by atoms with van der Waals surface area (Å²) in [6.45, 7) is 3.80. The van der Waals surface area contributed by atoms with E-state index in [9.17, 15) is 4.79 Å². The second-order valence-corrected chi connectivity index (χ2v) is 8.62. The van der Waals surface area contributed by atoms with Crippen molar-refractivity contribution in [1.29, 1.82) is 0 Å². The van der Waals surface area contributed by atoms with Crippen LogP contribution in [0.2, 0.25) is 0 Å². The zero-order chi connectivity index (χ0) is 22.1. The maximum atomic E-state index is 13.2. The van der Waals surface area contributed by atoms with Gasteiger partial charge in [0.2, 0.25) is 0 Å². The molecule has 3 aromatic heterocycles. The number of aromatic amines is 1. The van der Waals surface area contributed by atoms with Gasteiger partial charge in [0.05, 0.1) is 39.3 Å². The second kappa shape index (κ2) is 8.67. The number of aromatic nitrogens is 4. The Morgan fingerprint density at radius 1 is 1.16 bits per heavy atom. The van der Waals surface area contributed by atoms with E-state index in [0.29, 0.717) is 39.9 Å². The van der Waals surface area contributed by atoms with Crippen LogP contribution in [0.25, 0.3) is 10.2 Å². The molecule has 3 heterocycles. The van der Waals surface area contributed by atoms with Crippen LogP contribution in [-0.4, -0.2) is 40.3 Å². The summed E-state index contributed by atoms with van der Waals surface area (Å²) < 4.78 is 12.4. The number of fused-ring (bicyclic) bond motifs is 1. The molecule has 4 rings (SSSR count). The van der Waals surface area contributed by atoms with Crippen molar-refractivity contribution in [3.05, 3.63) is 44.2 Å². The Bertz CT molecular complexity index is 1260. The molecule has 0 aliphatic heterocycles. The van der Waals surface area contributed by atoms with E-state index in [0.717, 1.165) is 19.5 Å². The van der Waals surface area contributed by atoms with E-state index < -0.39 is 0 Å². The fourth-order valence-corrected chi connectivity index (χ4v) is 4.96. The Morgan fingerprint density at radius 3 is 2.61 bits per heavy atom. The minimum atomic E-state index is -0.275. The summed E-state index contributed by atoms with van der Waals surface area (Å²) in [6.07, 6.45) is 1.43. The molecule has 0 atom stereocenters. The smallest absolute Gasteiger partial charge is 0.258 e. The van der Waals surface area contributed by atoms with Crippen LogP contribution < -0.4 is 20.1 Å². The van der Waals surface area contributed by atoms with Crippen molar-refractivity contribution in [1.82, 2.24) is 20.2 Å². The molecule has 4 aromatic rings. The van der Waals surface area contributed by atoms with Gasteiger partial charge in [0.25, 0.3) is 5.91 Å². The van der Waals surface area contributed by atoms with Crippen molar-refractivity contribution in [2.75, 3.05) is 24.9 Å². The van der Waals surface area contributed by atoms with Gasteiger partial charge in [-0.3, -0.25) is 9.89 Å². The van der Waals surface area contributed by atoms with Crippen LogP contribution in [0, 0.1) is 17.4 Å². The SMILES string of the molecule is COc1cc(OC)c(I)c(NC(=O)c2csc3c(Nc4cc(C)[nH]n4)ncnc23)c1C. The zero-order valence-corrected chi connectivity index (χ0v) is 20.1. The molecular weight excluding hydrogens is 531 g/mol. The third-order valence-corrected chi connectivity index (χ3v) is 6.72. The van der Waals surface area contributed by atoms with Crippen LogP contribution in [0.5, 0.6) is 11.5 Å². The van der Waals surface area contributed by atoms with Crippen LogP contribution >= 0.6 is 33.9 Å². The van der Waals surface area contributed by atoms with Crippen molar-refractivity contribution in [2.45, 2.75) is 13.8 Å². The number of benzene rings is 1. The maximum Gasteiger partial charge on any atom is 0.258 e. The summed E-state index contributed by atoms with van der Waals surface area (Å²) >= 11 is 3.54. The highest BCUT2D eigenvalue weighted by molar-refractivity contribution is 14.1. The van der Waals surface area contributed by atoms with Crippen LogP contribution in [0.3, 0.4) is 0 Å². The van der Waals surface area contributed by atoms with Crippen molar-refractivity contribution >= 4 is 67.4 Å². The lowest BCUT2D eigenvalue weighted by molar-refractivity contribution is 0.102. The standard InChI is InChI=1S/C20H19IN6O3S/c1-9-5-14(27-26-9)24-19-18-17(22-8-23-19)11(7-31-18)20(28)25-16-10(2)12(29-3)6-13(30-4)15(16)21/h5-8H,1-4H3,(H,25,28)(H2,22,23,24,26,27). The summed E-state index contributed by atoms with van der Waals surface area (Å²) in [5, 5.41) is 15.0. The highest BCUT2D eigenvalue weighted by atomic mass is 127. The molecule has 1 aromatic carbocycles. The molecule has 160 valence electrons. The van der Waals surface area contributed by atoms with Gasteiger partial charge < -0.3 is 20.1 Å². The average Bonchev–Trinajstić information content (AvgIpc) is 3.38.